The SMILES string of the molecule is O=C(CN1CCSC1=O)Nc1cc(Cl)ccc1Oc1ccccc1. The molecule has 24 heavy (non-hydrogen) atoms. The van der Waals surface area contributed by atoms with Crippen LogP contribution in [-0.4, -0.2) is 34.9 Å². The fraction of sp³-hybridized carbons (Fsp3) is 0.176. The average Bonchev–Trinajstić information content (AvgIpc) is 2.96. The lowest BCUT2D eigenvalue weighted by atomic mass is 10.2. The molecule has 1 aliphatic heterocycles. The molecule has 0 spiro atoms. The monoisotopic (exact) mass is 362 g/mol. The van der Waals surface area contributed by atoms with Crippen molar-refractivity contribution in [3.63, 3.8) is 0 Å². The van der Waals surface area contributed by atoms with Crippen molar-refractivity contribution in [1.82, 2.24) is 4.90 Å². The molecular formula is C17H15ClN2O3S. The second kappa shape index (κ2) is 7.59. The molecule has 5 nitrogen and oxygen atoms in total. The van der Waals surface area contributed by atoms with Crippen LogP contribution in [0.4, 0.5) is 10.5 Å². The van der Waals surface area contributed by atoms with Crippen LogP contribution < -0.4 is 10.1 Å². The number of amides is 2. The number of hydrogen-bond donors (Lipinski definition) is 1. The van der Waals surface area contributed by atoms with Gasteiger partial charge >= 0.3 is 0 Å². The van der Waals surface area contributed by atoms with Crippen molar-refractivity contribution in [2.24, 2.45) is 0 Å². The summed E-state index contributed by atoms with van der Waals surface area (Å²) in [6.45, 7) is 0.600. The Bertz CT molecular complexity index is 755. The summed E-state index contributed by atoms with van der Waals surface area (Å²) < 4.78 is 5.80. The molecule has 7 heteroatoms. The number of nitrogens with zero attached hydrogens (tertiary/aromatic N) is 1. The van der Waals surface area contributed by atoms with E-state index in [0.717, 1.165) is 0 Å². The molecule has 0 aliphatic carbocycles. The van der Waals surface area contributed by atoms with Gasteiger partial charge in [-0.25, -0.2) is 0 Å². The van der Waals surface area contributed by atoms with Crippen LogP contribution in [0.25, 0.3) is 0 Å². The van der Waals surface area contributed by atoms with Gasteiger partial charge in [0.05, 0.1) is 5.69 Å². The number of ether oxygens (including phenoxy) is 1. The predicted molar refractivity (Wildman–Crippen MR) is 96.0 cm³/mol. The number of halogens is 1. The minimum Gasteiger partial charge on any atom is -0.455 e. The molecule has 0 aromatic heterocycles. The van der Waals surface area contributed by atoms with Crippen molar-refractivity contribution in [3.05, 3.63) is 53.6 Å². The number of rotatable bonds is 5. The molecular weight excluding hydrogens is 348 g/mol. The van der Waals surface area contributed by atoms with E-state index in [0.29, 0.717) is 34.5 Å². The zero-order valence-electron chi connectivity index (χ0n) is 12.7. The highest BCUT2D eigenvalue weighted by molar-refractivity contribution is 8.13. The molecule has 0 radical (unpaired) electrons. The van der Waals surface area contributed by atoms with Gasteiger partial charge in [-0.15, -0.1) is 0 Å². The minimum absolute atomic E-state index is 0.0170. The lowest BCUT2D eigenvalue weighted by Gasteiger charge is -2.16. The number of hydrogen-bond acceptors (Lipinski definition) is 4. The van der Waals surface area contributed by atoms with Gasteiger partial charge in [0.2, 0.25) is 5.91 Å². The fourth-order valence-corrected chi connectivity index (χ4v) is 3.23. The lowest BCUT2D eigenvalue weighted by Crippen LogP contribution is -2.33. The van der Waals surface area contributed by atoms with Crippen molar-refractivity contribution in [3.8, 4) is 11.5 Å². The van der Waals surface area contributed by atoms with Crippen molar-refractivity contribution < 1.29 is 14.3 Å². The molecule has 0 bridgehead atoms. The number of anilines is 1. The Morgan fingerprint density at radius 1 is 1.25 bits per heavy atom. The molecule has 3 rings (SSSR count). The molecule has 124 valence electrons. The van der Waals surface area contributed by atoms with Gasteiger partial charge in [-0.1, -0.05) is 41.6 Å². The van der Waals surface area contributed by atoms with Gasteiger partial charge in [-0.05, 0) is 30.3 Å². The normalized spacial score (nSPS) is 13.9. The van der Waals surface area contributed by atoms with E-state index >= 15 is 0 Å². The van der Waals surface area contributed by atoms with Gasteiger partial charge < -0.3 is 15.0 Å². The van der Waals surface area contributed by atoms with E-state index in [9.17, 15) is 9.59 Å². The third-order valence-corrected chi connectivity index (χ3v) is 4.49. The summed E-state index contributed by atoms with van der Waals surface area (Å²) >= 11 is 7.24. The Hall–Kier alpha value is -2.18. The molecule has 0 saturated carbocycles. The van der Waals surface area contributed by atoms with Gasteiger partial charge in [-0.3, -0.25) is 9.59 Å². The topological polar surface area (TPSA) is 58.6 Å². The first-order valence-corrected chi connectivity index (χ1v) is 8.72. The first kappa shape index (κ1) is 16.7. The summed E-state index contributed by atoms with van der Waals surface area (Å²) in [5, 5.41) is 3.18. The summed E-state index contributed by atoms with van der Waals surface area (Å²) in [5.41, 5.74) is 0.468. The molecule has 1 aliphatic rings. The number of nitrogens with one attached hydrogen (secondary N) is 1. The maximum absolute atomic E-state index is 12.2. The van der Waals surface area contributed by atoms with Crippen LogP contribution >= 0.6 is 23.4 Å². The fourth-order valence-electron chi connectivity index (χ4n) is 2.24. The molecule has 1 N–H and O–H groups in total. The number of carbonyl (C=O) groups excluding carboxylic acids is 2. The van der Waals surface area contributed by atoms with Gasteiger partial charge in [0.25, 0.3) is 5.24 Å². The van der Waals surface area contributed by atoms with Gasteiger partial charge in [0.15, 0.2) is 5.75 Å². The number of carbonyl (C=O) groups is 2. The zero-order valence-corrected chi connectivity index (χ0v) is 14.3. The van der Waals surface area contributed by atoms with Crippen LogP contribution in [0.15, 0.2) is 48.5 Å². The standard InChI is InChI=1S/C17H15ClN2O3S/c18-12-6-7-15(23-13-4-2-1-3-5-13)14(10-12)19-16(21)11-20-8-9-24-17(20)22/h1-7,10H,8-9,11H2,(H,19,21). The van der Waals surface area contributed by atoms with Gasteiger partial charge in [0, 0.05) is 17.3 Å². The van der Waals surface area contributed by atoms with E-state index in [2.05, 4.69) is 5.32 Å². The second-order valence-corrected chi connectivity index (χ2v) is 6.62. The molecule has 1 saturated heterocycles. The number of thioether (sulfide) groups is 1. The lowest BCUT2D eigenvalue weighted by molar-refractivity contribution is -0.116. The minimum atomic E-state index is -0.286. The van der Waals surface area contributed by atoms with E-state index < -0.39 is 0 Å². The summed E-state index contributed by atoms with van der Waals surface area (Å²) in [6.07, 6.45) is 0. The Morgan fingerprint density at radius 2 is 2.04 bits per heavy atom. The molecule has 1 fully saturated rings. The predicted octanol–water partition coefficient (Wildman–Crippen LogP) is 4.24. The molecule has 0 unspecified atom stereocenters. The van der Waals surface area contributed by atoms with Gasteiger partial charge in [0.1, 0.15) is 12.3 Å². The summed E-state index contributed by atoms with van der Waals surface area (Å²) in [6, 6.07) is 14.3. The maximum Gasteiger partial charge on any atom is 0.282 e. The third kappa shape index (κ3) is 4.21. The highest BCUT2D eigenvalue weighted by Crippen LogP contribution is 2.32. The Kier molecular flexibility index (Phi) is 5.27. The second-order valence-electron chi connectivity index (χ2n) is 5.14. The van der Waals surface area contributed by atoms with Crippen LogP contribution in [0.5, 0.6) is 11.5 Å². The molecule has 1 heterocycles. The van der Waals surface area contributed by atoms with E-state index in [1.165, 1.54) is 16.7 Å². The highest BCUT2D eigenvalue weighted by Gasteiger charge is 2.23. The van der Waals surface area contributed by atoms with E-state index in [-0.39, 0.29) is 17.7 Å². The Labute approximate surface area is 148 Å². The highest BCUT2D eigenvalue weighted by atomic mass is 35.5. The maximum atomic E-state index is 12.2. The van der Waals surface area contributed by atoms with Crippen LogP contribution in [-0.2, 0) is 4.79 Å². The smallest absolute Gasteiger partial charge is 0.282 e. The molecule has 2 amide bonds. The first-order chi connectivity index (χ1) is 11.6. The third-order valence-electron chi connectivity index (χ3n) is 3.37. The van der Waals surface area contributed by atoms with Crippen molar-refractivity contribution >= 4 is 40.2 Å². The quantitative estimate of drug-likeness (QED) is 0.864. The van der Waals surface area contributed by atoms with Crippen molar-refractivity contribution in [2.45, 2.75) is 0 Å². The number of benzene rings is 2. The Morgan fingerprint density at radius 3 is 2.75 bits per heavy atom. The van der Waals surface area contributed by atoms with Crippen LogP contribution in [0.2, 0.25) is 5.02 Å². The van der Waals surface area contributed by atoms with Gasteiger partial charge in [-0.2, -0.15) is 0 Å². The Balaban J connectivity index is 1.73. The summed E-state index contributed by atoms with van der Waals surface area (Å²) in [4.78, 5) is 25.3. The van der Waals surface area contributed by atoms with Crippen LogP contribution in [0.1, 0.15) is 0 Å². The molecule has 2 aromatic carbocycles. The van der Waals surface area contributed by atoms with E-state index in [1.807, 2.05) is 30.3 Å². The van der Waals surface area contributed by atoms with E-state index in [1.54, 1.807) is 18.2 Å². The summed E-state index contributed by atoms with van der Waals surface area (Å²) in [5.74, 6) is 1.57. The molecule has 2 aromatic rings. The van der Waals surface area contributed by atoms with Crippen LogP contribution in [0.3, 0.4) is 0 Å². The largest absolute Gasteiger partial charge is 0.455 e. The van der Waals surface area contributed by atoms with E-state index in [4.69, 9.17) is 16.3 Å². The number of para-hydroxylation sites is 1. The molecule has 0 atom stereocenters. The first-order valence-electron chi connectivity index (χ1n) is 7.36. The van der Waals surface area contributed by atoms with Crippen molar-refractivity contribution in [1.29, 1.82) is 0 Å². The zero-order chi connectivity index (χ0) is 16.9. The van der Waals surface area contributed by atoms with Crippen molar-refractivity contribution in [2.75, 3.05) is 24.2 Å². The average molecular weight is 363 g/mol. The van der Waals surface area contributed by atoms with Crippen LogP contribution in [0, 0.1) is 0 Å². The summed E-state index contributed by atoms with van der Waals surface area (Å²) in [7, 11) is 0.